The topological polar surface area (TPSA) is 75.1 Å². The monoisotopic (exact) mass is 236 g/mol. The fourth-order valence-corrected chi connectivity index (χ4v) is 1.55. The third-order valence-corrected chi connectivity index (χ3v) is 2.32. The molecule has 2 rings (SSSR count). The fraction of sp³-hybridized carbons (Fsp3) is 0.0909. The molecule has 0 spiro atoms. The Balaban J connectivity index is 2.71. The van der Waals surface area contributed by atoms with Crippen LogP contribution in [-0.2, 0) is 0 Å². The van der Waals surface area contributed by atoms with Crippen molar-refractivity contribution in [1.82, 2.24) is 9.78 Å². The summed E-state index contributed by atoms with van der Waals surface area (Å²) in [7, 11) is 0. The van der Waals surface area contributed by atoms with Crippen molar-refractivity contribution in [1.29, 1.82) is 0 Å². The SMILES string of the molecule is CC(=O)c1c(O)n(-c2ccccc2F)[nH]c1=O. The van der Waals surface area contributed by atoms with Crippen molar-refractivity contribution in [3.05, 3.63) is 46.0 Å². The maximum atomic E-state index is 13.5. The molecule has 2 N–H and O–H groups in total. The fourth-order valence-electron chi connectivity index (χ4n) is 1.55. The molecule has 0 bridgehead atoms. The van der Waals surface area contributed by atoms with E-state index in [1.165, 1.54) is 18.2 Å². The molecule has 1 aromatic heterocycles. The first-order chi connectivity index (χ1) is 8.02. The summed E-state index contributed by atoms with van der Waals surface area (Å²) >= 11 is 0. The third-order valence-electron chi connectivity index (χ3n) is 2.32. The van der Waals surface area contributed by atoms with Gasteiger partial charge in [0.05, 0.1) is 0 Å². The molecule has 0 aliphatic rings. The molecule has 1 heterocycles. The molecule has 6 heteroatoms. The number of aromatic amines is 1. The molecule has 0 amide bonds. The summed E-state index contributed by atoms with van der Waals surface area (Å²) in [5.74, 6) is -1.80. The maximum Gasteiger partial charge on any atom is 0.279 e. The van der Waals surface area contributed by atoms with E-state index in [2.05, 4.69) is 5.10 Å². The minimum absolute atomic E-state index is 0.0328. The number of carbonyl (C=O) groups is 1. The van der Waals surface area contributed by atoms with Crippen LogP contribution in [0.15, 0.2) is 29.1 Å². The van der Waals surface area contributed by atoms with Gasteiger partial charge in [-0.25, -0.2) is 9.07 Å². The zero-order chi connectivity index (χ0) is 12.6. The molecule has 0 saturated carbocycles. The minimum atomic E-state index is -0.752. The van der Waals surface area contributed by atoms with Gasteiger partial charge in [0, 0.05) is 0 Å². The average molecular weight is 236 g/mol. The lowest BCUT2D eigenvalue weighted by Crippen LogP contribution is -2.10. The number of para-hydroxylation sites is 1. The lowest BCUT2D eigenvalue weighted by molar-refractivity contribution is 0.101. The normalized spacial score (nSPS) is 10.5. The van der Waals surface area contributed by atoms with Gasteiger partial charge in [0.15, 0.2) is 5.78 Å². The second kappa shape index (κ2) is 3.89. The van der Waals surface area contributed by atoms with Crippen molar-refractivity contribution in [2.75, 3.05) is 0 Å². The van der Waals surface area contributed by atoms with Crippen LogP contribution < -0.4 is 5.56 Å². The van der Waals surface area contributed by atoms with Crippen LogP contribution >= 0.6 is 0 Å². The van der Waals surface area contributed by atoms with Crippen LogP contribution in [0.5, 0.6) is 5.88 Å². The van der Waals surface area contributed by atoms with Crippen LogP contribution in [0.1, 0.15) is 17.3 Å². The molecule has 0 unspecified atom stereocenters. The predicted octanol–water partition coefficient (Wildman–Crippen LogP) is 1.21. The second-order valence-electron chi connectivity index (χ2n) is 3.48. The van der Waals surface area contributed by atoms with E-state index in [0.717, 1.165) is 11.6 Å². The Morgan fingerprint density at radius 3 is 2.59 bits per heavy atom. The molecule has 0 fully saturated rings. The lowest BCUT2D eigenvalue weighted by atomic mass is 10.2. The number of H-pyrrole nitrogens is 1. The number of halogens is 1. The molecule has 0 aliphatic carbocycles. The highest BCUT2D eigenvalue weighted by atomic mass is 19.1. The van der Waals surface area contributed by atoms with Gasteiger partial charge in [0.25, 0.3) is 5.56 Å². The van der Waals surface area contributed by atoms with Crippen LogP contribution in [0, 0.1) is 5.82 Å². The number of aromatic hydroxyl groups is 1. The summed E-state index contributed by atoms with van der Waals surface area (Å²) in [5, 5.41) is 11.9. The van der Waals surface area contributed by atoms with E-state index < -0.39 is 23.0 Å². The number of nitrogens with one attached hydrogen (secondary N) is 1. The smallest absolute Gasteiger partial charge is 0.279 e. The zero-order valence-corrected chi connectivity index (χ0v) is 8.90. The standard InChI is InChI=1S/C11H9FN2O3/c1-6(15)9-10(16)13-14(11(9)17)8-5-3-2-4-7(8)12/h2-5,17H,1H3,(H,13,16). The van der Waals surface area contributed by atoms with Crippen LogP contribution in [0.4, 0.5) is 4.39 Å². The van der Waals surface area contributed by atoms with Crippen LogP contribution in [0.2, 0.25) is 0 Å². The molecular formula is C11H9FN2O3. The third kappa shape index (κ3) is 1.73. The molecule has 5 nitrogen and oxygen atoms in total. The van der Waals surface area contributed by atoms with Crippen molar-refractivity contribution in [3.8, 4) is 11.6 Å². The van der Waals surface area contributed by atoms with Crippen LogP contribution in [0.25, 0.3) is 5.69 Å². The Kier molecular flexibility index (Phi) is 2.55. The van der Waals surface area contributed by atoms with E-state index in [4.69, 9.17) is 0 Å². The number of Topliss-reactive ketones (excluding diaryl/α,β-unsaturated/α-hetero) is 1. The molecule has 0 aliphatic heterocycles. The van der Waals surface area contributed by atoms with Crippen molar-refractivity contribution in [3.63, 3.8) is 0 Å². The molecule has 0 radical (unpaired) electrons. The van der Waals surface area contributed by atoms with Gasteiger partial charge in [-0.05, 0) is 19.1 Å². The minimum Gasteiger partial charge on any atom is -0.493 e. The number of benzene rings is 1. The van der Waals surface area contributed by atoms with Gasteiger partial charge in [0.1, 0.15) is 17.1 Å². The lowest BCUT2D eigenvalue weighted by Gasteiger charge is -2.04. The predicted molar refractivity (Wildman–Crippen MR) is 58.0 cm³/mol. The number of hydrogen-bond acceptors (Lipinski definition) is 3. The number of hydrogen-bond donors (Lipinski definition) is 2. The molecule has 88 valence electrons. The Bertz CT molecular complexity index is 642. The molecule has 0 atom stereocenters. The van der Waals surface area contributed by atoms with Gasteiger partial charge < -0.3 is 5.11 Å². The molecule has 1 aromatic carbocycles. The summed E-state index contributed by atoms with van der Waals surface area (Å²) in [6.07, 6.45) is 0. The van der Waals surface area contributed by atoms with Crippen molar-refractivity contribution in [2.24, 2.45) is 0 Å². The quantitative estimate of drug-likeness (QED) is 0.769. The number of carbonyl (C=O) groups excluding carboxylic acids is 1. The largest absolute Gasteiger partial charge is 0.493 e. The van der Waals surface area contributed by atoms with E-state index in [1.54, 1.807) is 6.07 Å². The highest BCUT2D eigenvalue weighted by Gasteiger charge is 2.19. The first-order valence-corrected chi connectivity index (χ1v) is 4.82. The van der Waals surface area contributed by atoms with Gasteiger partial charge >= 0.3 is 0 Å². The number of ketones is 1. The van der Waals surface area contributed by atoms with E-state index in [1.807, 2.05) is 0 Å². The first-order valence-electron chi connectivity index (χ1n) is 4.82. The van der Waals surface area contributed by atoms with E-state index in [-0.39, 0.29) is 11.3 Å². The number of aromatic nitrogens is 2. The Morgan fingerprint density at radius 2 is 2.06 bits per heavy atom. The number of rotatable bonds is 2. The summed E-state index contributed by atoms with van der Waals surface area (Å²) in [5.41, 5.74) is -1.17. The van der Waals surface area contributed by atoms with E-state index in [9.17, 15) is 19.1 Å². The molecule has 0 saturated heterocycles. The van der Waals surface area contributed by atoms with Gasteiger partial charge in [0.2, 0.25) is 5.88 Å². The van der Waals surface area contributed by atoms with Gasteiger partial charge in [-0.15, -0.1) is 0 Å². The summed E-state index contributed by atoms with van der Waals surface area (Å²) in [6.45, 7) is 1.15. The second-order valence-corrected chi connectivity index (χ2v) is 3.48. The zero-order valence-electron chi connectivity index (χ0n) is 8.90. The molecule has 2 aromatic rings. The Hall–Kier alpha value is -2.37. The average Bonchev–Trinajstić information content (AvgIpc) is 2.55. The summed E-state index contributed by atoms with van der Waals surface area (Å²) in [6, 6.07) is 5.57. The first kappa shape index (κ1) is 11.1. The summed E-state index contributed by atoms with van der Waals surface area (Å²) in [4.78, 5) is 22.5. The van der Waals surface area contributed by atoms with Crippen LogP contribution in [-0.4, -0.2) is 20.7 Å². The van der Waals surface area contributed by atoms with Crippen LogP contribution in [0.3, 0.4) is 0 Å². The van der Waals surface area contributed by atoms with Gasteiger partial charge in [-0.3, -0.25) is 14.7 Å². The number of nitrogens with zero attached hydrogens (tertiary/aromatic N) is 1. The van der Waals surface area contributed by atoms with Crippen molar-refractivity contribution < 1.29 is 14.3 Å². The molecule has 17 heavy (non-hydrogen) atoms. The van der Waals surface area contributed by atoms with Crippen molar-refractivity contribution in [2.45, 2.75) is 6.92 Å². The highest BCUT2D eigenvalue weighted by Crippen LogP contribution is 2.20. The Labute approximate surface area is 95.1 Å². The maximum absolute atomic E-state index is 13.5. The van der Waals surface area contributed by atoms with Gasteiger partial charge in [-0.1, -0.05) is 12.1 Å². The highest BCUT2D eigenvalue weighted by molar-refractivity contribution is 5.96. The van der Waals surface area contributed by atoms with E-state index in [0.29, 0.717) is 0 Å². The van der Waals surface area contributed by atoms with Gasteiger partial charge in [-0.2, -0.15) is 0 Å². The molecular weight excluding hydrogens is 227 g/mol. The summed E-state index contributed by atoms with van der Waals surface area (Å²) < 4.78 is 14.3. The van der Waals surface area contributed by atoms with E-state index >= 15 is 0 Å². The Morgan fingerprint density at radius 1 is 1.41 bits per heavy atom. The van der Waals surface area contributed by atoms with Crippen molar-refractivity contribution >= 4 is 5.78 Å².